The van der Waals surface area contributed by atoms with Crippen LogP contribution in [0.2, 0.25) is 0 Å². The number of thioether (sulfide) groups is 1. The second-order valence-corrected chi connectivity index (χ2v) is 6.23. The minimum absolute atomic E-state index is 0.00673. The van der Waals surface area contributed by atoms with E-state index in [4.69, 9.17) is 0 Å². The summed E-state index contributed by atoms with van der Waals surface area (Å²) in [4.78, 5) is 17.6. The van der Waals surface area contributed by atoms with E-state index in [1.54, 1.807) is 24.0 Å². The third-order valence-electron chi connectivity index (χ3n) is 3.00. The highest BCUT2D eigenvalue weighted by atomic mass is 79.9. The number of fused-ring (bicyclic) bond motifs is 1. The second kappa shape index (κ2) is 5.35. The quantitative estimate of drug-likeness (QED) is 0.910. The Bertz CT molecular complexity index is 615. The lowest BCUT2D eigenvalue weighted by Crippen LogP contribution is -2.21. The van der Waals surface area contributed by atoms with Crippen LogP contribution < -0.4 is 5.32 Å². The number of nitrogens with zero attached hydrogens (tertiary/aromatic N) is 1. The van der Waals surface area contributed by atoms with E-state index >= 15 is 0 Å². The fraction of sp³-hybridized carbons (Fsp3) is 0.143. The van der Waals surface area contributed by atoms with Gasteiger partial charge in [0.25, 0.3) is 0 Å². The maximum Gasteiger partial charge on any atom is 0.233 e. The Morgan fingerprint density at radius 2 is 2.16 bits per heavy atom. The first-order valence-corrected chi connectivity index (χ1v) is 7.66. The van der Waals surface area contributed by atoms with Crippen LogP contribution in [0.5, 0.6) is 0 Å². The zero-order valence-corrected chi connectivity index (χ0v) is 12.4. The predicted molar refractivity (Wildman–Crippen MR) is 80.5 cm³/mol. The van der Waals surface area contributed by atoms with E-state index in [1.807, 2.05) is 24.3 Å². The Labute approximate surface area is 123 Å². The Morgan fingerprint density at radius 3 is 2.95 bits per heavy atom. The zero-order valence-electron chi connectivity index (χ0n) is 9.97. The van der Waals surface area contributed by atoms with Crippen LogP contribution in [0, 0.1) is 0 Å². The summed E-state index contributed by atoms with van der Waals surface area (Å²) in [5.41, 5.74) is 1.11. The van der Waals surface area contributed by atoms with E-state index in [1.165, 1.54) is 4.90 Å². The van der Waals surface area contributed by atoms with E-state index in [9.17, 15) is 4.79 Å². The molecule has 2 aromatic rings. The fourth-order valence-corrected chi connectivity index (χ4v) is 3.51. The van der Waals surface area contributed by atoms with Gasteiger partial charge in [-0.3, -0.25) is 4.79 Å². The number of pyridine rings is 1. The highest BCUT2D eigenvalue weighted by molar-refractivity contribution is 9.10. The van der Waals surface area contributed by atoms with Crippen LogP contribution in [-0.4, -0.2) is 16.6 Å². The van der Waals surface area contributed by atoms with Crippen molar-refractivity contribution in [3.63, 3.8) is 0 Å². The number of anilines is 1. The third kappa shape index (κ3) is 2.67. The summed E-state index contributed by atoms with van der Waals surface area (Å²) in [5, 5.41) is 2.87. The van der Waals surface area contributed by atoms with Gasteiger partial charge >= 0.3 is 0 Å². The number of aromatic nitrogens is 1. The molecule has 0 fully saturated rings. The van der Waals surface area contributed by atoms with Crippen LogP contribution in [0.25, 0.3) is 0 Å². The molecule has 1 aromatic heterocycles. The van der Waals surface area contributed by atoms with Crippen molar-refractivity contribution in [1.29, 1.82) is 0 Å². The number of hydrogen-bond donors (Lipinski definition) is 1. The molecule has 1 amide bonds. The molecule has 0 radical (unpaired) electrons. The summed E-state index contributed by atoms with van der Waals surface area (Å²) >= 11 is 5.05. The summed E-state index contributed by atoms with van der Waals surface area (Å²) in [6.07, 6.45) is 1.67. The molecule has 0 bridgehead atoms. The van der Waals surface area contributed by atoms with Crippen molar-refractivity contribution < 1.29 is 4.79 Å². The van der Waals surface area contributed by atoms with E-state index in [-0.39, 0.29) is 11.8 Å². The van der Waals surface area contributed by atoms with Crippen LogP contribution in [0.15, 0.2) is 52.0 Å². The van der Waals surface area contributed by atoms with Crippen molar-refractivity contribution in [2.24, 2.45) is 0 Å². The maximum absolute atomic E-state index is 12.3. The summed E-state index contributed by atoms with van der Waals surface area (Å²) in [6, 6.07) is 11.7. The number of amides is 1. The Kier molecular flexibility index (Phi) is 3.57. The summed E-state index contributed by atoms with van der Waals surface area (Å²) in [5.74, 6) is 1.29. The molecule has 0 spiro atoms. The lowest BCUT2D eigenvalue weighted by Gasteiger charge is -2.10. The van der Waals surface area contributed by atoms with Gasteiger partial charge in [-0.1, -0.05) is 18.2 Å². The van der Waals surface area contributed by atoms with E-state index in [0.717, 1.165) is 15.8 Å². The van der Waals surface area contributed by atoms with Gasteiger partial charge in [0, 0.05) is 21.3 Å². The lowest BCUT2D eigenvalue weighted by molar-refractivity contribution is -0.117. The fourth-order valence-electron chi connectivity index (χ4n) is 2.04. The minimum Gasteiger partial charge on any atom is -0.310 e. The van der Waals surface area contributed by atoms with Crippen molar-refractivity contribution in [1.82, 2.24) is 4.98 Å². The summed E-state index contributed by atoms with van der Waals surface area (Å²) in [6.45, 7) is 0. The number of carbonyl (C=O) groups excluding carboxylic acids is 1. The largest absolute Gasteiger partial charge is 0.310 e. The number of rotatable bonds is 2. The monoisotopic (exact) mass is 334 g/mol. The van der Waals surface area contributed by atoms with Crippen molar-refractivity contribution >= 4 is 39.4 Å². The van der Waals surface area contributed by atoms with Crippen LogP contribution >= 0.6 is 27.7 Å². The molecule has 1 aromatic carbocycles. The van der Waals surface area contributed by atoms with Gasteiger partial charge in [0.15, 0.2) is 0 Å². The number of carbonyl (C=O) groups is 1. The molecule has 1 atom stereocenters. The molecule has 1 unspecified atom stereocenters. The summed E-state index contributed by atoms with van der Waals surface area (Å²) in [7, 11) is 0. The molecule has 19 heavy (non-hydrogen) atoms. The molecule has 0 saturated heterocycles. The van der Waals surface area contributed by atoms with Crippen LogP contribution in [-0.2, 0) is 4.79 Å². The zero-order chi connectivity index (χ0) is 13.2. The average Bonchev–Trinajstić information content (AvgIpc) is 2.85. The first-order valence-electron chi connectivity index (χ1n) is 5.88. The molecule has 1 aliphatic rings. The molecular weight excluding hydrogens is 324 g/mol. The number of nitrogens with one attached hydrogen (secondary N) is 1. The molecular formula is C14H11BrN2OS. The molecule has 2 heterocycles. The highest BCUT2D eigenvalue weighted by Gasteiger charge is 2.29. The number of benzene rings is 1. The van der Waals surface area contributed by atoms with Gasteiger partial charge in [-0.2, -0.15) is 0 Å². The Hall–Kier alpha value is -1.33. The molecule has 96 valence electrons. The SMILES string of the molecule is O=C(Nc1ccc(Br)cn1)C1CSc2ccccc21. The van der Waals surface area contributed by atoms with Gasteiger partial charge in [0.05, 0.1) is 5.92 Å². The Balaban J connectivity index is 1.77. The van der Waals surface area contributed by atoms with Gasteiger partial charge in [-0.05, 0) is 39.7 Å². The van der Waals surface area contributed by atoms with Crippen LogP contribution in [0.4, 0.5) is 5.82 Å². The van der Waals surface area contributed by atoms with Crippen LogP contribution in [0.3, 0.4) is 0 Å². The maximum atomic E-state index is 12.3. The van der Waals surface area contributed by atoms with Gasteiger partial charge in [0.1, 0.15) is 5.82 Å². The van der Waals surface area contributed by atoms with E-state index in [2.05, 4.69) is 32.3 Å². The highest BCUT2D eigenvalue weighted by Crippen LogP contribution is 2.39. The van der Waals surface area contributed by atoms with Crippen molar-refractivity contribution in [3.05, 3.63) is 52.6 Å². The first kappa shape index (κ1) is 12.7. The van der Waals surface area contributed by atoms with Gasteiger partial charge in [0.2, 0.25) is 5.91 Å². The normalized spacial score (nSPS) is 17.0. The van der Waals surface area contributed by atoms with Crippen molar-refractivity contribution in [2.75, 3.05) is 11.1 Å². The molecule has 3 rings (SSSR count). The summed E-state index contributed by atoms with van der Waals surface area (Å²) < 4.78 is 0.896. The average molecular weight is 335 g/mol. The van der Waals surface area contributed by atoms with Crippen molar-refractivity contribution in [2.45, 2.75) is 10.8 Å². The number of hydrogen-bond acceptors (Lipinski definition) is 3. The third-order valence-corrected chi connectivity index (χ3v) is 4.65. The van der Waals surface area contributed by atoms with Gasteiger partial charge < -0.3 is 5.32 Å². The van der Waals surface area contributed by atoms with Crippen LogP contribution in [0.1, 0.15) is 11.5 Å². The topological polar surface area (TPSA) is 42.0 Å². The van der Waals surface area contributed by atoms with Crippen molar-refractivity contribution in [3.8, 4) is 0 Å². The predicted octanol–water partition coefficient (Wildman–Crippen LogP) is 3.67. The van der Waals surface area contributed by atoms with E-state index < -0.39 is 0 Å². The molecule has 0 saturated carbocycles. The molecule has 5 heteroatoms. The molecule has 1 N–H and O–H groups in total. The molecule has 0 aliphatic carbocycles. The Morgan fingerprint density at radius 1 is 1.32 bits per heavy atom. The van der Waals surface area contributed by atoms with E-state index in [0.29, 0.717) is 5.82 Å². The first-order chi connectivity index (χ1) is 9.24. The standard InChI is InChI=1S/C14H11BrN2OS/c15-9-5-6-13(16-7-9)17-14(18)11-8-19-12-4-2-1-3-10(11)12/h1-7,11H,8H2,(H,16,17,18). The lowest BCUT2D eigenvalue weighted by atomic mass is 10.0. The number of halogens is 1. The van der Waals surface area contributed by atoms with Gasteiger partial charge in [-0.15, -0.1) is 11.8 Å². The molecule has 3 nitrogen and oxygen atoms in total. The minimum atomic E-state index is -0.0911. The van der Waals surface area contributed by atoms with Gasteiger partial charge in [-0.25, -0.2) is 4.98 Å². The smallest absolute Gasteiger partial charge is 0.233 e. The molecule has 1 aliphatic heterocycles. The second-order valence-electron chi connectivity index (χ2n) is 4.25.